The van der Waals surface area contributed by atoms with Gasteiger partial charge in [-0.15, -0.1) is 17.9 Å². The lowest BCUT2D eigenvalue weighted by Crippen LogP contribution is -2.33. The van der Waals surface area contributed by atoms with Gasteiger partial charge < -0.3 is 14.1 Å². The van der Waals surface area contributed by atoms with Crippen molar-refractivity contribution in [3.05, 3.63) is 47.8 Å². The molecule has 3 aliphatic carbocycles. The van der Waals surface area contributed by atoms with Crippen LogP contribution in [0.1, 0.15) is 61.2 Å². The molecule has 1 amide bonds. The van der Waals surface area contributed by atoms with Crippen molar-refractivity contribution in [2.45, 2.75) is 51.4 Å². The van der Waals surface area contributed by atoms with E-state index in [4.69, 9.17) is 14.1 Å². The number of carbonyl (C=O) groups excluding carboxylic acids is 1. The predicted molar refractivity (Wildman–Crippen MR) is 142 cm³/mol. The standard InChI is InChI=1S/C29H35N3O3S/c1-2-21-15-19-4-6-22(21)16-20(14-19)5-7-26-31-25-18-23(29(33)32-9-3-11-34-12-10-32)17-24(27(25)35-26)28-30-8-13-36-28/h2,8,13,17-22H,1,3-7,9-12,14-16H2. The van der Waals surface area contributed by atoms with Crippen LogP contribution < -0.4 is 0 Å². The molecule has 0 N–H and O–H groups in total. The number of carbonyl (C=O) groups is 1. The fourth-order valence-corrected chi connectivity index (χ4v) is 7.32. The molecule has 0 spiro atoms. The van der Waals surface area contributed by atoms with Crippen molar-refractivity contribution in [1.29, 1.82) is 0 Å². The van der Waals surface area contributed by atoms with Gasteiger partial charge in [-0.05, 0) is 74.3 Å². The van der Waals surface area contributed by atoms with Crippen molar-refractivity contribution in [2.24, 2.45) is 23.7 Å². The number of amides is 1. The topological polar surface area (TPSA) is 68.5 Å². The summed E-state index contributed by atoms with van der Waals surface area (Å²) in [6, 6.07) is 3.83. The summed E-state index contributed by atoms with van der Waals surface area (Å²) in [4.78, 5) is 24.7. The second kappa shape index (κ2) is 10.5. The molecule has 4 unspecified atom stereocenters. The van der Waals surface area contributed by atoms with Crippen LogP contribution in [0.3, 0.4) is 0 Å². The van der Waals surface area contributed by atoms with Crippen LogP contribution in [0.25, 0.3) is 21.7 Å². The van der Waals surface area contributed by atoms with E-state index < -0.39 is 0 Å². The maximum atomic E-state index is 13.4. The summed E-state index contributed by atoms with van der Waals surface area (Å²) in [5.74, 6) is 3.86. The molecule has 4 aliphatic rings. The third-order valence-corrected chi connectivity index (χ3v) is 9.29. The molecular formula is C29H35N3O3S. The van der Waals surface area contributed by atoms with Crippen LogP contribution in [0.4, 0.5) is 0 Å². The summed E-state index contributed by atoms with van der Waals surface area (Å²) in [6.07, 6.45) is 13.5. The highest BCUT2D eigenvalue weighted by molar-refractivity contribution is 7.13. The van der Waals surface area contributed by atoms with E-state index >= 15 is 0 Å². The van der Waals surface area contributed by atoms with Gasteiger partial charge >= 0.3 is 0 Å². The fraction of sp³-hybridized carbons (Fsp3) is 0.552. The van der Waals surface area contributed by atoms with Crippen LogP contribution >= 0.6 is 11.3 Å². The third-order valence-electron chi connectivity index (χ3n) is 8.48. The monoisotopic (exact) mass is 505 g/mol. The normalized spacial score (nSPS) is 26.6. The first-order chi connectivity index (χ1) is 17.7. The Hall–Kier alpha value is -2.51. The minimum atomic E-state index is 0.0236. The van der Waals surface area contributed by atoms with Crippen LogP contribution in [0.5, 0.6) is 0 Å². The zero-order valence-electron chi connectivity index (χ0n) is 20.9. The highest BCUT2D eigenvalue weighted by atomic mass is 32.1. The Morgan fingerprint density at radius 1 is 1.19 bits per heavy atom. The lowest BCUT2D eigenvalue weighted by Gasteiger charge is -2.30. The number of thiazole rings is 1. The molecule has 3 aromatic rings. The summed E-state index contributed by atoms with van der Waals surface area (Å²) < 4.78 is 11.9. The second-order valence-electron chi connectivity index (χ2n) is 10.8. The van der Waals surface area contributed by atoms with E-state index in [0.717, 1.165) is 64.6 Å². The Bertz CT molecular complexity index is 1210. The first-order valence-electron chi connectivity index (χ1n) is 13.5. The van der Waals surface area contributed by atoms with Gasteiger partial charge in [0.25, 0.3) is 5.91 Å². The van der Waals surface area contributed by atoms with E-state index in [9.17, 15) is 4.79 Å². The molecule has 1 aromatic carbocycles. The fourth-order valence-electron chi connectivity index (χ4n) is 6.67. The third kappa shape index (κ3) is 4.88. The SMILES string of the molecule is C=CC1CC2CCC1CC(CCc1nc3cc(C(=O)N4CCCOCC4)cc(-c4nccs4)c3o1)C2. The van der Waals surface area contributed by atoms with Crippen molar-refractivity contribution in [2.75, 3.05) is 26.3 Å². The molecule has 4 atom stereocenters. The maximum absolute atomic E-state index is 13.4. The number of hydrogen-bond acceptors (Lipinski definition) is 6. The summed E-state index contributed by atoms with van der Waals surface area (Å²) in [7, 11) is 0. The molecule has 6 nitrogen and oxygen atoms in total. The number of allylic oxidation sites excluding steroid dienone is 1. The summed E-state index contributed by atoms with van der Waals surface area (Å²) in [5, 5.41) is 2.81. The number of rotatable bonds is 6. The highest BCUT2D eigenvalue weighted by Crippen LogP contribution is 2.46. The molecule has 190 valence electrons. The predicted octanol–water partition coefficient (Wildman–Crippen LogP) is 6.37. The smallest absolute Gasteiger partial charge is 0.254 e. The van der Waals surface area contributed by atoms with Gasteiger partial charge in [-0.2, -0.15) is 0 Å². The van der Waals surface area contributed by atoms with Gasteiger partial charge in [0.1, 0.15) is 10.5 Å². The minimum absolute atomic E-state index is 0.0236. The van der Waals surface area contributed by atoms with E-state index in [1.54, 1.807) is 17.5 Å². The van der Waals surface area contributed by atoms with Crippen molar-refractivity contribution in [3.8, 4) is 10.6 Å². The second-order valence-corrected chi connectivity index (χ2v) is 11.7. The minimum Gasteiger partial charge on any atom is -0.440 e. The molecule has 2 bridgehead atoms. The number of benzene rings is 1. The summed E-state index contributed by atoms with van der Waals surface area (Å²) in [6.45, 7) is 6.72. The van der Waals surface area contributed by atoms with E-state index in [2.05, 4.69) is 17.6 Å². The van der Waals surface area contributed by atoms with E-state index in [-0.39, 0.29) is 5.91 Å². The zero-order chi connectivity index (χ0) is 24.5. The maximum Gasteiger partial charge on any atom is 0.254 e. The van der Waals surface area contributed by atoms with Gasteiger partial charge in [0, 0.05) is 43.3 Å². The van der Waals surface area contributed by atoms with Gasteiger partial charge in [0.05, 0.1) is 12.2 Å². The molecule has 4 fully saturated rings. The van der Waals surface area contributed by atoms with Gasteiger partial charge in [-0.25, -0.2) is 9.97 Å². The average molecular weight is 506 g/mol. The van der Waals surface area contributed by atoms with Crippen molar-refractivity contribution in [3.63, 3.8) is 0 Å². The quantitative estimate of drug-likeness (QED) is 0.364. The van der Waals surface area contributed by atoms with Crippen molar-refractivity contribution in [1.82, 2.24) is 14.9 Å². The Morgan fingerprint density at radius 2 is 2.14 bits per heavy atom. The van der Waals surface area contributed by atoms with Crippen LogP contribution in [-0.4, -0.2) is 47.1 Å². The average Bonchev–Trinajstić information content (AvgIpc) is 3.38. The van der Waals surface area contributed by atoms with Crippen LogP contribution in [0.2, 0.25) is 0 Å². The number of hydrogen-bond donors (Lipinski definition) is 0. The van der Waals surface area contributed by atoms with Gasteiger partial charge in [0.15, 0.2) is 11.5 Å². The Kier molecular flexibility index (Phi) is 6.94. The Morgan fingerprint density at radius 3 is 3.00 bits per heavy atom. The van der Waals surface area contributed by atoms with Crippen LogP contribution in [0.15, 0.2) is 40.8 Å². The molecule has 7 rings (SSSR count). The van der Waals surface area contributed by atoms with Gasteiger partial charge in [0.2, 0.25) is 0 Å². The number of nitrogens with zero attached hydrogens (tertiary/aromatic N) is 3. The molecule has 36 heavy (non-hydrogen) atoms. The molecule has 1 aliphatic heterocycles. The van der Waals surface area contributed by atoms with E-state index in [1.807, 2.05) is 22.4 Å². The van der Waals surface area contributed by atoms with Crippen LogP contribution in [0, 0.1) is 23.7 Å². The highest BCUT2D eigenvalue weighted by Gasteiger charge is 2.35. The largest absolute Gasteiger partial charge is 0.440 e. The molecule has 2 aromatic heterocycles. The van der Waals surface area contributed by atoms with E-state index in [1.165, 1.54) is 32.1 Å². The molecule has 0 radical (unpaired) electrons. The first-order valence-corrected chi connectivity index (χ1v) is 14.4. The van der Waals surface area contributed by atoms with Crippen molar-refractivity contribution >= 4 is 28.3 Å². The number of oxazole rings is 1. The molecule has 1 saturated heterocycles. The lowest BCUT2D eigenvalue weighted by molar-refractivity contribution is 0.0741. The molecule has 3 heterocycles. The summed E-state index contributed by atoms with van der Waals surface area (Å²) in [5.41, 5.74) is 2.99. The number of ether oxygens (including phenoxy) is 1. The van der Waals surface area contributed by atoms with Crippen molar-refractivity contribution < 1.29 is 13.9 Å². The zero-order valence-corrected chi connectivity index (χ0v) is 21.7. The molecule has 3 saturated carbocycles. The number of aromatic nitrogens is 2. The Labute approximate surface area is 216 Å². The molecule has 7 heteroatoms. The Balaban J connectivity index is 1.25. The first kappa shape index (κ1) is 23.9. The molecular weight excluding hydrogens is 470 g/mol. The van der Waals surface area contributed by atoms with Gasteiger partial charge in [-0.3, -0.25) is 4.79 Å². The van der Waals surface area contributed by atoms with E-state index in [0.29, 0.717) is 37.8 Å². The summed E-state index contributed by atoms with van der Waals surface area (Å²) >= 11 is 1.56. The lowest BCUT2D eigenvalue weighted by atomic mass is 9.76. The van der Waals surface area contributed by atoms with Crippen LogP contribution in [-0.2, 0) is 11.2 Å². The number of aryl methyl sites for hydroxylation is 1. The number of fused-ring (bicyclic) bond motifs is 5. The van der Waals surface area contributed by atoms with Gasteiger partial charge in [-0.1, -0.05) is 12.5 Å².